The maximum absolute atomic E-state index is 14.4. The number of carbonyl (C=O) groups is 2. The molecule has 3 aromatic carbocycles. The molecule has 3 rings (SSSR count). The van der Waals surface area contributed by atoms with Gasteiger partial charge in [0.05, 0.1) is 31.9 Å². The molecular weight excluding hydrogens is 618 g/mol. The van der Waals surface area contributed by atoms with E-state index in [0.29, 0.717) is 18.7 Å². The molecule has 0 heterocycles. The zero-order valence-corrected chi connectivity index (χ0v) is 28.2. The molecule has 3 aromatic rings. The van der Waals surface area contributed by atoms with E-state index in [1.807, 2.05) is 45.0 Å². The number of ether oxygens (including phenoxy) is 3. The Morgan fingerprint density at radius 1 is 0.889 bits per heavy atom. The summed E-state index contributed by atoms with van der Waals surface area (Å²) in [6.07, 6.45) is 2.01. The first-order chi connectivity index (χ1) is 21.5. The summed E-state index contributed by atoms with van der Waals surface area (Å²) in [4.78, 5) is 29.0. The van der Waals surface area contributed by atoms with Crippen molar-refractivity contribution in [1.29, 1.82) is 0 Å². The number of carbonyl (C=O) groups excluding carboxylic acids is 2. The third-order valence-corrected chi connectivity index (χ3v) is 9.31. The van der Waals surface area contributed by atoms with Gasteiger partial charge in [-0.05, 0) is 55.7 Å². The lowest BCUT2D eigenvalue weighted by atomic mass is 10.1. The van der Waals surface area contributed by atoms with Gasteiger partial charge < -0.3 is 24.4 Å². The summed E-state index contributed by atoms with van der Waals surface area (Å²) >= 11 is 6.33. The van der Waals surface area contributed by atoms with Gasteiger partial charge in [-0.3, -0.25) is 13.9 Å². The summed E-state index contributed by atoms with van der Waals surface area (Å²) in [6, 6.07) is 15.4. The Kier molecular flexibility index (Phi) is 12.9. The zero-order chi connectivity index (χ0) is 33.1. The van der Waals surface area contributed by atoms with Crippen molar-refractivity contribution in [2.45, 2.75) is 57.5 Å². The SMILES string of the molecule is CCCCNC(=O)[C@@H](CC)N(Cc1ccc(C)cc1)C(=O)CN(c1cc(Cl)ccc1OC)S(=O)(=O)c1ccc(OC)c(OC)c1. The van der Waals surface area contributed by atoms with E-state index in [1.165, 1.54) is 56.6 Å². The van der Waals surface area contributed by atoms with Crippen LogP contribution in [0.4, 0.5) is 5.69 Å². The number of amides is 2. The highest BCUT2D eigenvalue weighted by Gasteiger charge is 2.35. The van der Waals surface area contributed by atoms with Crippen LogP contribution in [0.25, 0.3) is 0 Å². The predicted octanol–water partition coefficient (Wildman–Crippen LogP) is 5.59. The van der Waals surface area contributed by atoms with Crippen molar-refractivity contribution < 1.29 is 32.2 Å². The third kappa shape index (κ3) is 8.82. The van der Waals surface area contributed by atoms with E-state index in [4.69, 9.17) is 25.8 Å². The molecule has 0 fully saturated rings. The molecule has 12 heteroatoms. The molecule has 244 valence electrons. The highest BCUT2D eigenvalue weighted by Crippen LogP contribution is 2.37. The second kappa shape index (κ2) is 16.4. The van der Waals surface area contributed by atoms with Crippen LogP contribution < -0.4 is 23.8 Å². The van der Waals surface area contributed by atoms with Crippen LogP contribution >= 0.6 is 11.6 Å². The van der Waals surface area contributed by atoms with E-state index >= 15 is 0 Å². The summed E-state index contributed by atoms with van der Waals surface area (Å²) in [5, 5.41) is 3.17. The lowest BCUT2D eigenvalue weighted by molar-refractivity contribution is -0.140. The number of nitrogens with one attached hydrogen (secondary N) is 1. The molecule has 0 radical (unpaired) electrons. The summed E-state index contributed by atoms with van der Waals surface area (Å²) < 4.78 is 45.8. The molecule has 0 aliphatic heterocycles. The van der Waals surface area contributed by atoms with Gasteiger partial charge in [-0.25, -0.2) is 8.42 Å². The highest BCUT2D eigenvalue weighted by molar-refractivity contribution is 7.92. The molecular formula is C33H42ClN3O7S. The Bertz CT molecular complexity index is 1560. The van der Waals surface area contributed by atoms with Gasteiger partial charge in [-0.15, -0.1) is 0 Å². The van der Waals surface area contributed by atoms with Gasteiger partial charge in [0, 0.05) is 24.2 Å². The number of halogens is 1. The number of aryl methyl sites for hydroxylation is 1. The quantitative estimate of drug-likeness (QED) is 0.199. The number of benzene rings is 3. The van der Waals surface area contributed by atoms with Crippen LogP contribution in [-0.4, -0.2) is 65.6 Å². The minimum atomic E-state index is -4.43. The fourth-order valence-corrected chi connectivity index (χ4v) is 6.39. The molecule has 0 saturated carbocycles. The first-order valence-electron chi connectivity index (χ1n) is 14.7. The van der Waals surface area contributed by atoms with Crippen LogP contribution in [0, 0.1) is 6.92 Å². The third-order valence-electron chi connectivity index (χ3n) is 7.32. The van der Waals surface area contributed by atoms with Crippen LogP contribution in [0.1, 0.15) is 44.2 Å². The molecule has 0 bridgehead atoms. The van der Waals surface area contributed by atoms with Crippen molar-refractivity contribution >= 4 is 39.1 Å². The van der Waals surface area contributed by atoms with E-state index in [1.54, 1.807) is 6.07 Å². The number of methoxy groups -OCH3 is 3. The van der Waals surface area contributed by atoms with Crippen molar-refractivity contribution in [3.63, 3.8) is 0 Å². The largest absolute Gasteiger partial charge is 0.495 e. The summed E-state index contributed by atoms with van der Waals surface area (Å²) in [7, 11) is -0.190. The van der Waals surface area contributed by atoms with Crippen LogP contribution in [0.3, 0.4) is 0 Å². The van der Waals surface area contributed by atoms with Crippen LogP contribution in [0.15, 0.2) is 65.6 Å². The van der Waals surface area contributed by atoms with E-state index in [2.05, 4.69) is 5.32 Å². The number of hydrogen-bond donors (Lipinski definition) is 1. The molecule has 1 N–H and O–H groups in total. The number of hydrogen-bond acceptors (Lipinski definition) is 7. The molecule has 0 aromatic heterocycles. The molecule has 10 nitrogen and oxygen atoms in total. The van der Waals surface area contributed by atoms with Gasteiger partial charge in [0.1, 0.15) is 18.3 Å². The molecule has 0 aliphatic rings. The maximum atomic E-state index is 14.4. The van der Waals surface area contributed by atoms with Gasteiger partial charge in [-0.2, -0.15) is 0 Å². The molecule has 0 aliphatic carbocycles. The van der Waals surface area contributed by atoms with Gasteiger partial charge in [0.2, 0.25) is 11.8 Å². The van der Waals surface area contributed by atoms with Gasteiger partial charge in [0.25, 0.3) is 10.0 Å². The molecule has 45 heavy (non-hydrogen) atoms. The first kappa shape index (κ1) is 35.5. The molecule has 2 amide bonds. The lowest BCUT2D eigenvalue weighted by Gasteiger charge is -2.33. The van der Waals surface area contributed by atoms with E-state index in [-0.39, 0.29) is 39.6 Å². The number of sulfonamides is 1. The summed E-state index contributed by atoms with van der Waals surface area (Å²) in [6.45, 7) is 5.72. The van der Waals surface area contributed by atoms with E-state index in [0.717, 1.165) is 28.3 Å². The standard InChI is InChI=1S/C33H42ClN3O7S/c1-7-9-18-35-33(39)27(8-2)36(21-24-12-10-23(3)11-13-24)32(38)22-37(28-19-25(34)14-16-29(28)42-4)45(40,41)26-15-17-30(43-5)31(20-26)44-6/h10-17,19-20,27H,7-9,18,21-22H2,1-6H3,(H,35,39)/t27-/m1/s1. The molecule has 0 unspecified atom stereocenters. The van der Waals surface area contributed by atoms with Gasteiger partial charge in [0.15, 0.2) is 11.5 Å². The fourth-order valence-electron chi connectivity index (χ4n) is 4.79. The Morgan fingerprint density at radius 3 is 2.13 bits per heavy atom. The maximum Gasteiger partial charge on any atom is 0.265 e. The number of nitrogens with zero attached hydrogens (tertiary/aromatic N) is 2. The van der Waals surface area contributed by atoms with Crippen LogP contribution in [-0.2, 0) is 26.2 Å². The minimum absolute atomic E-state index is 0.0591. The van der Waals surface area contributed by atoms with Gasteiger partial charge in [-0.1, -0.05) is 61.7 Å². The summed E-state index contributed by atoms with van der Waals surface area (Å²) in [5.41, 5.74) is 1.90. The Morgan fingerprint density at radius 2 is 1.53 bits per heavy atom. The second-order valence-electron chi connectivity index (χ2n) is 10.4. The zero-order valence-electron chi connectivity index (χ0n) is 26.6. The molecule has 0 spiro atoms. The summed E-state index contributed by atoms with van der Waals surface area (Å²) in [5.74, 6) is -0.173. The highest BCUT2D eigenvalue weighted by atomic mass is 35.5. The second-order valence-corrected chi connectivity index (χ2v) is 12.7. The van der Waals surface area contributed by atoms with E-state index in [9.17, 15) is 18.0 Å². The van der Waals surface area contributed by atoms with Crippen molar-refractivity contribution in [2.24, 2.45) is 0 Å². The Labute approximate surface area is 271 Å². The van der Waals surface area contributed by atoms with Crippen molar-refractivity contribution in [3.05, 3.63) is 76.8 Å². The fraction of sp³-hybridized carbons (Fsp3) is 0.394. The molecule has 1 atom stereocenters. The average molecular weight is 660 g/mol. The normalized spacial score (nSPS) is 11.8. The molecule has 0 saturated heterocycles. The van der Waals surface area contributed by atoms with Gasteiger partial charge >= 0.3 is 0 Å². The van der Waals surface area contributed by atoms with Crippen molar-refractivity contribution in [2.75, 3.05) is 38.7 Å². The Balaban J connectivity index is 2.15. The number of unbranched alkanes of at least 4 members (excludes halogenated alkanes) is 1. The average Bonchev–Trinajstić information content (AvgIpc) is 3.03. The van der Waals surface area contributed by atoms with Crippen molar-refractivity contribution in [1.82, 2.24) is 10.2 Å². The van der Waals surface area contributed by atoms with E-state index < -0.39 is 28.5 Å². The Hall–Kier alpha value is -3.96. The van der Waals surface area contributed by atoms with Crippen molar-refractivity contribution in [3.8, 4) is 17.2 Å². The van der Waals surface area contributed by atoms with Crippen LogP contribution in [0.5, 0.6) is 17.2 Å². The first-order valence-corrected chi connectivity index (χ1v) is 16.5. The smallest absolute Gasteiger partial charge is 0.265 e. The minimum Gasteiger partial charge on any atom is -0.495 e. The lowest BCUT2D eigenvalue weighted by Crippen LogP contribution is -2.52. The topological polar surface area (TPSA) is 114 Å². The number of rotatable bonds is 16. The monoisotopic (exact) mass is 659 g/mol. The number of anilines is 1. The van der Waals surface area contributed by atoms with Crippen LogP contribution in [0.2, 0.25) is 5.02 Å². The predicted molar refractivity (Wildman–Crippen MR) is 176 cm³/mol.